The number of nitrogens with one attached hydrogen (secondary N) is 1. The van der Waals surface area contributed by atoms with Crippen LogP contribution in [0.3, 0.4) is 0 Å². The average Bonchev–Trinajstić information content (AvgIpc) is 2.03. The summed E-state index contributed by atoms with van der Waals surface area (Å²) in [7, 11) is 0. The Kier molecular flexibility index (Phi) is 2.84. The van der Waals surface area contributed by atoms with Gasteiger partial charge in [0, 0.05) is 6.61 Å². The highest BCUT2D eigenvalue weighted by atomic mass is 16.5. The monoisotopic (exact) mass is 159 g/mol. The first kappa shape index (κ1) is 8.49. The summed E-state index contributed by atoms with van der Waals surface area (Å²) in [6.07, 6.45) is 1.24. The van der Waals surface area contributed by atoms with E-state index in [2.05, 4.69) is 6.92 Å². The summed E-state index contributed by atoms with van der Waals surface area (Å²) < 4.78 is 5.13. The summed E-state index contributed by atoms with van der Waals surface area (Å²) in [6.45, 7) is 2.68. The molecule has 1 fully saturated rings. The molecule has 11 heavy (non-hydrogen) atoms. The van der Waals surface area contributed by atoms with Gasteiger partial charge in [-0.15, -0.1) is 0 Å². The first-order valence-electron chi connectivity index (χ1n) is 3.79. The van der Waals surface area contributed by atoms with Crippen LogP contribution >= 0.6 is 0 Å². The van der Waals surface area contributed by atoms with Gasteiger partial charge in [0.05, 0.1) is 0 Å². The Balaban J connectivity index is 2.39. The van der Waals surface area contributed by atoms with Gasteiger partial charge < -0.3 is 4.74 Å². The van der Waals surface area contributed by atoms with Crippen LogP contribution in [-0.4, -0.2) is 23.8 Å². The maximum Gasteiger partial charge on any atom is 0.272 e. The van der Waals surface area contributed by atoms with Crippen LogP contribution in [-0.2, 0) is 9.53 Å². The van der Waals surface area contributed by atoms with Gasteiger partial charge in [-0.3, -0.25) is 10.0 Å². The molecule has 1 rings (SSSR count). The first-order chi connectivity index (χ1) is 5.24. The normalized spacial score (nSPS) is 31.5. The van der Waals surface area contributed by atoms with E-state index < -0.39 is 12.0 Å². The number of hydroxylamine groups is 1. The van der Waals surface area contributed by atoms with Crippen molar-refractivity contribution < 1.29 is 14.7 Å². The minimum absolute atomic E-state index is 0.434. The second-order valence-electron chi connectivity index (χ2n) is 2.97. The third kappa shape index (κ3) is 2.17. The molecule has 0 aliphatic carbocycles. The van der Waals surface area contributed by atoms with Crippen LogP contribution < -0.4 is 5.48 Å². The van der Waals surface area contributed by atoms with Crippen molar-refractivity contribution in [3.63, 3.8) is 0 Å². The molecule has 64 valence electrons. The average molecular weight is 159 g/mol. The quantitative estimate of drug-likeness (QED) is 0.427. The summed E-state index contributed by atoms with van der Waals surface area (Å²) in [6, 6.07) is 0. The van der Waals surface area contributed by atoms with Crippen LogP contribution in [0.15, 0.2) is 0 Å². The Labute approximate surface area is 65.5 Å². The van der Waals surface area contributed by atoms with E-state index in [-0.39, 0.29) is 0 Å². The molecule has 4 heteroatoms. The molecule has 1 aliphatic heterocycles. The number of amides is 1. The largest absolute Gasteiger partial charge is 0.368 e. The van der Waals surface area contributed by atoms with E-state index in [1.807, 2.05) is 0 Å². The highest BCUT2D eigenvalue weighted by Crippen LogP contribution is 2.18. The number of hydrogen-bond acceptors (Lipinski definition) is 3. The highest BCUT2D eigenvalue weighted by Gasteiger charge is 2.25. The molecule has 0 aromatic rings. The minimum Gasteiger partial charge on any atom is -0.368 e. The van der Waals surface area contributed by atoms with Gasteiger partial charge in [-0.1, -0.05) is 6.92 Å². The fourth-order valence-electron chi connectivity index (χ4n) is 1.22. The molecule has 1 heterocycles. The molecule has 0 saturated carbocycles. The molecule has 0 unspecified atom stereocenters. The lowest BCUT2D eigenvalue weighted by Crippen LogP contribution is -2.38. The molecule has 0 aromatic heterocycles. The Morgan fingerprint density at radius 1 is 1.73 bits per heavy atom. The minimum atomic E-state index is -0.455. The number of hydrogen-bond donors (Lipinski definition) is 2. The van der Waals surface area contributed by atoms with E-state index in [1.54, 1.807) is 5.48 Å². The van der Waals surface area contributed by atoms with Gasteiger partial charge in [0.25, 0.3) is 5.91 Å². The molecule has 4 nitrogen and oxygen atoms in total. The fourth-order valence-corrected chi connectivity index (χ4v) is 1.22. The van der Waals surface area contributed by atoms with E-state index in [9.17, 15) is 4.79 Å². The molecular weight excluding hydrogens is 146 g/mol. The number of carbonyl (C=O) groups excluding carboxylic acids is 1. The Morgan fingerprint density at radius 2 is 2.45 bits per heavy atom. The van der Waals surface area contributed by atoms with E-state index >= 15 is 0 Å². The number of ether oxygens (including phenoxy) is 1. The molecule has 0 bridgehead atoms. The van der Waals surface area contributed by atoms with Crippen LogP contribution in [0.5, 0.6) is 0 Å². The summed E-state index contributed by atoms with van der Waals surface area (Å²) in [4.78, 5) is 10.8. The first-order valence-corrected chi connectivity index (χ1v) is 3.79. The number of rotatable bonds is 1. The predicted molar refractivity (Wildman–Crippen MR) is 38.1 cm³/mol. The van der Waals surface area contributed by atoms with E-state index in [4.69, 9.17) is 9.94 Å². The van der Waals surface area contributed by atoms with Crippen molar-refractivity contribution in [2.45, 2.75) is 25.9 Å². The summed E-state index contributed by atoms with van der Waals surface area (Å²) in [5, 5.41) is 8.29. The lowest BCUT2D eigenvalue weighted by molar-refractivity contribution is -0.145. The number of carbonyl (C=O) groups is 1. The topological polar surface area (TPSA) is 58.6 Å². The van der Waals surface area contributed by atoms with Crippen molar-refractivity contribution in [3.8, 4) is 0 Å². The van der Waals surface area contributed by atoms with Crippen LogP contribution in [0.1, 0.15) is 19.8 Å². The van der Waals surface area contributed by atoms with Gasteiger partial charge in [0.15, 0.2) is 0 Å². The van der Waals surface area contributed by atoms with Crippen LogP contribution in [0, 0.1) is 5.92 Å². The van der Waals surface area contributed by atoms with Crippen LogP contribution in [0.2, 0.25) is 0 Å². The smallest absolute Gasteiger partial charge is 0.272 e. The van der Waals surface area contributed by atoms with Crippen LogP contribution in [0.4, 0.5) is 0 Å². The molecule has 2 atom stereocenters. The second kappa shape index (κ2) is 3.69. The van der Waals surface area contributed by atoms with Gasteiger partial charge in [-0.2, -0.15) is 0 Å². The maximum atomic E-state index is 10.8. The molecule has 0 spiro atoms. The van der Waals surface area contributed by atoms with Gasteiger partial charge in [-0.25, -0.2) is 5.48 Å². The second-order valence-corrected chi connectivity index (χ2v) is 2.97. The van der Waals surface area contributed by atoms with Gasteiger partial charge >= 0.3 is 0 Å². The van der Waals surface area contributed by atoms with Gasteiger partial charge in [0.2, 0.25) is 0 Å². The van der Waals surface area contributed by atoms with Crippen molar-refractivity contribution >= 4 is 5.91 Å². The molecule has 2 N–H and O–H groups in total. The predicted octanol–water partition coefficient (Wildman–Crippen LogP) is 0.307. The molecule has 1 amide bonds. The molecule has 0 radical (unpaired) electrons. The van der Waals surface area contributed by atoms with Crippen molar-refractivity contribution in [2.24, 2.45) is 5.92 Å². The highest BCUT2D eigenvalue weighted by molar-refractivity contribution is 5.79. The van der Waals surface area contributed by atoms with Gasteiger partial charge in [0.1, 0.15) is 6.10 Å². The molecular formula is C7H13NO3. The van der Waals surface area contributed by atoms with E-state index in [0.29, 0.717) is 18.9 Å². The van der Waals surface area contributed by atoms with Crippen molar-refractivity contribution in [3.05, 3.63) is 0 Å². The Morgan fingerprint density at radius 3 is 3.00 bits per heavy atom. The zero-order valence-electron chi connectivity index (χ0n) is 6.54. The van der Waals surface area contributed by atoms with Crippen molar-refractivity contribution in [1.29, 1.82) is 0 Å². The SMILES string of the molecule is C[C@H]1CCO[C@H](C(=O)NO)C1. The Bertz CT molecular complexity index is 149. The third-order valence-corrected chi connectivity index (χ3v) is 1.95. The van der Waals surface area contributed by atoms with Crippen LogP contribution in [0.25, 0.3) is 0 Å². The lowest BCUT2D eigenvalue weighted by atomic mass is 9.97. The molecule has 1 aliphatic rings. The fraction of sp³-hybridized carbons (Fsp3) is 0.857. The van der Waals surface area contributed by atoms with E-state index in [1.165, 1.54) is 0 Å². The Hall–Kier alpha value is -0.610. The van der Waals surface area contributed by atoms with Gasteiger partial charge in [-0.05, 0) is 18.8 Å². The van der Waals surface area contributed by atoms with E-state index in [0.717, 1.165) is 6.42 Å². The summed E-state index contributed by atoms with van der Waals surface area (Å²) in [5.74, 6) is 0.0719. The lowest BCUT2D eigenvalue weighted by Gasteiger charge is -2.25. The zero-order chi connectivity index (χ0) is 8.27. The summed E-state index contributed by atoms with van der Waals surface area (Å²) in [5.41, 5.74) is 1.59. The summed E-state index contributed by atoms with van der Waals surface area (Å²) >= 11 is 0. The maximum absolute atomic E-state index is 10.8. The van der Waals surface area contributed by atoms with Crippen molar-refractivity contribution in [2.75, 3.05) is 6.61 Å². The zero-order valence-corrected chi connectivity index (χ0v) is 6.54. The molecule has 1 saturated heterocycles. The van der Waals surface area contributed by atoms with Crippen molar-refractivity contribution in [1.82, 2.24) is 5.48 Å². The third-order valence-electron chi connectivity index (χ3n) is 1.95. The molecule has 0 aromatic carbocycles. The standard InChI is InChI=1S/C7H13NO3/c1-5-2-3-11-6(4-5)7(9)8-10/h5-6,10H,2-4H2,1H3,(H,8,9)/t5-,6-/m0/s1.